The lowest BCUT2D eigenvalue weighted by atomic mass is 10.0. The van der Waals surface area contributed by atoms with Gasteiger partial charge in [-0.05, 0) is 80.5 Å². The molecule has 1 saturated heterocycles. The van der Waals surface area contributed by atoms with Crippen molar-refractivity contribution in [3.8, 4) is 0 Å². The number of benzene rings is 2. The quantitative estimate of drug-likeness (QED) is 0.798. The van der Waals surface area contributed by atoms with Gasteiger partial charge in [0.05, 0.1) is 0 Å². The summed E-state index contributed by atoms with van der Waals surface area (Å²) in [5, 5.41) is 0. The van der Waals surface area contributed by atoms with E-state index in [9.17, 15) is 9.18 Å². The lowest BCUT2D eigenvalue weighted by Gasteiger charge is -2.29. The SMILES string of the molecule is C[C@@H]1CC[C@H](CCc2ccc(F)cc2)N1C(=O)c1ccc2c(c1)CCN2C. The zero-order valence-electron chi connectivity index (χ0n) is 16.1. The maximum absolute atomic E-state index is 13.3. The van der Waals surface area contributed by atoms with Gasteiger partial charge >= 0.3 is 0 Å². The first-order chi connectivity index (χ1) is 13.0. The van der Waals surface area contributed by atoms with Gasteiger partial charge in [-0.2, -0.15) is 0 Å². The van der Waals surface area contributed by atoms with E-state index in [4.69, 9.17) is 0 Å². The third-order valence-corrected chi connectivity index (χ3v) is 6.15. The molecule has 0 saturated carbocycles. The molecule has 2 atom stereocenters. The number of fused-ring (bicyclic) bond motifs is 1. The Kier molecular flexibility index (Phi) is 4.90. The van der Waals surface area contributed by atoms with E-state index in [2.05, 4.69) is 35.9 Å². The van der Waals surface area contributed by atoms with Crippen molar-refractivity contribution in [3.05, 3.63) is 65.0 Å². The zero-order chi connectivity index (χ0) is 19.0. The van der Waals surface area contributed by atoms with Crippen molar-refractivity contribution in [2.24, 2.45) is 0 Å². The molecule has 2 aromatic carbocycles. The van der Waals surface area contributed by atoms with Crippen LogP contribution in [0.5, 0.6) is 0 Å². The summed E-state index contributed by atoms with van der Waals surface area (Å²) >= 11 is 0. The number of halogens is 1. The third-order valence-electron chi connectivity index (χ3n) is 6.15. The minimum Gasteiger partial charge on any atom is -0.374 e. The summed E-state index contributed by atoms with van der Waals surface area (Å²) in [6.07, 6.45) is 4.90. The number of aryl methyl sites for hydroxylation is 1. The molecule has 2 aliphatic heterocycles. The Morgan fingerprint density at radius 2 is 1.93 bits per heavy atom. The molecule has 27 heavy (non-hydrogen) atoms. The molecule has 1 amide bonds. The number of likely N-dealkylation sites (N-methyl/N-ethyl adjacent to an activating group) is 1. The van der Waals surface area contributed by atoms with Gasteiger partial charge < -0.3 is 9.80 Å². The summed E-state index contributed by atoms with van der Waals surface area (Å²) in [7, 11) is 2.10. The second-order valence-corrected chi connectivity index (χ2v) is 7.97. The van der Waals surface area contributed by atoms with E-state index in [1.807, 2.05) is 18.2 Å². The Hall–Kier alpha value is -2.36. The molecular weight excluding hydrogens is 339 g/mol. The predicted molar refractivity (Wildman–Crippen MR) is 107 cm³/mol. The lowest BCUT2D eigenvalue weighted by molar-refractivity contribution is 0.0672. The highest BCUT2D eigenvalue weighted by Crippen LogP contribution is 2.32. The van der Waals surface area contributed by atoms with Crippen molar-refractivity contribution in [3.63, 3.8) is 0 Å². The van der Waals surface area contributed by atoms with Crippen molar-refractivity contribution in [2.75, 3.05) is 18.5 Å². The fourth-order valence-electron chi connectivity index (χ4n) is 4.55. The van der Waals surface area contributed by atoms with Crippen LogP contribution in [0.15, 0.2) is 42.5 Å². The molecule has 0 N–H and O–H groups in total. The molecule has 142 valence electrons. The fourth-order valence-corrected chi connectivity index (χ4v) is 4.55. The smallest absolute Gasteiger partial charge is 0.254 e. The summed E-state index contributed by atoms with van der Waals surface area (Å²) in [6.45, 7) is 3.17. The minimum absolute atomic E-state index is 0.154. The molecule has 0 radical (unpaired) electrons. The number of amides is 1. The van der Waals surface area contributed by atoms with Gasteiger partial charge in [-0.3, -0.25) is 4.79 Å². The highest BCUT2D eigenvalue weighted by molar-refractivity contribution is 5.95. The van der Waals surface area contributed by atoms with Gasteiger partial charge in [0.2, 0.25) is 0 Å². The Morgan fingerprint density at radius 1 is 1.15 bits per heavy atom. The number of likely N-dealkylation sites (tertiary alicyclic amines) is 1. The normalized spacial score (nSPS) is 21.6. The monoisotopic (exact) mass is 366 g/mol. The highest BCUT2D eigenvalue weighted by atomic mass is 19.1. The molecule has 2 aromatic rings. The fraction of sp³-hybridized carbons (Fsp3) is 0.435. The first-order valence-electron chi connectivity index (χ1n) is 9.94. The topological polar surface area (TPSA) is 23.6 Å². The van der Waals surface area contributed by atoms with Crippen molar-refractivity contribution < 1.29 is 9.18 Å². The predicted octanol–water partition coefficient (Wildman–Crippen LogP) is 4.44. The van der Waals surface area contributed by atoms with Crippen LogP contribution in [0, 0.1) is 5.82 Å². The van der Waals surface area contributed by atoms with Crippen LogP contribution >= 0.6 is 0 Å². The van der Waals surface area contributed by atoms with Crippen LogP contribution in [0.3, 0.4) is 0 Å². The van der Waals surface area contributed by atoms with E-state index in [0.717, 1.165) is 49.8 Å². The summed E-state index contributed by atoms with van der Waals surface area (Å²) in [4.78, 5) is 17.6. The molecule has 4 rings (SSSR count). The zero-order valence-corrected chi connectivity index (χ0v) is 16.1. The van der Waals surface area contributed by atoms with E-state index in [-0.39, 0.29) is 23.8 Å². The summed E-state index contributed by atoms with van der Waals surface area (Å²) in [5.41, 5.74) is 4.46. The largest absolute Gasteiger partial charge is 0.374 e. The number of hydrogen-bond acceptors (Lipinski definition) is 2. The second-order valence-electron chi connectivity index (χ2n) is 7.97. The van der Waals surface area contributed by atoms with Gasteiger partial charge in [0.25, 0.3) is 5.91 Å². The number of carbonyl (C=O) groups is 1. The van der Waals surface area contributed by atoms with E-state index in [1.54, 1.807) is 0 Å². The number of nitrogens with zero attached hydrogens (tertiary/aromatic N) is 2. The van der Waals surface area contributed by atoms with Crippen molar-refractivity contribution in [2.45, 2.75) is 51.1 Å². The van der Waals surface area contributed by atoms with Crippen LogP contribution in [-0.4, -0.2) is 36.5 Å². The number of hydrogen-bond donors (Lipinski definition) is 0. The Labute approximate surface area is 160 Å². The van der Waals surface area contributed by atoms with Crippen LogP contribution in [0.25, 0.3) is 0 Å². The van der Waals surface area contributed by atoms with Gasteiger partial charge in [-0.1, -0.05) is 12.1 Å². The van der Waals surface area contributed by atoms with Crippen molar-refractivity contribution in [1.29, 1.82) is 0 Å². The number of rotatable bonds is 4. The molecule has 2 aliphatic rings. The van der Waals surface area contributed by atoms with Crippen LogP contribution in [-0.2, 0) is 12.8 Å². The van der Waals surface area contributed by atoms with Crippen LogP contribution in [0.4, 0.5) is 10.1 Å². The molecule has 0 aromatic heterocycles. The number of anilines is 1. The highest BCUT2D eigenvalue weighted by Gasteiger charge is 2.34. The molecule has 1 fully saturated rings. The first-order valence-corrected chi connectivity index (χ1v) is 9.94. The van der Waals surface area contributed by atoms with Gasteiger partial charge in [-0.25, -0.2) is 4.39 Å². The minimum atomic E-state index is -0.202. The third kappa shape index (κ3) is 3.58. The van der Waals surface area contributed by atoms with E-state index in [1.165, 1.54) is 23.4 Å². The van der Waals surface area contributed by atoms with Crippen LogP contribution < -0.4 is 4.90 Å². The Balaban J connectivity index is 1.48. The van der Waals surface area contributed by atoms with E-state index < -0.39 is 0 Å². The van der Waals surface area contributed by atoms with E-state index in [0.29, 0.717) is 0 Å². The van der Waals surface area contributed by atoms with E-state index >= 15 is 0 Å². The average molecular weight is 366 g/mol. The first kappa shape index (κ1) is 18.0. The lowest BCUT2D eigenvalue weighted by Crippen LogP contribution is -2.40. The maximum atomic E-state index is 13.3. The number of carbonyl (C=O) groups excluding carboxylic acids is 1. The van der Waals surface area contributed by atoms with Gasteiger partial charge in [0.15, 0.2) is 0 Å². The molecule has 0 bridgehead atoms. The van der Waals surface area contributed by atoms with Crippen molar-refractivity contribution in [1.82, 2.24) is 4.90 Å². The molecule has 4 heteroatoms. The summed E-state index contributed by atoms with van der Waals surface area (Å²) in [6, 6.07) is 13.4. The molecule has 0 spiro atoms. The average Bonchev–Trinajstić information content (AvgIpc) is 3.23. The molecular formula is C23H27FN2O. The molecule has 0 aliphatic carbocycles. The molecule has 3 nitrogen and oxygen atoms in total. The standard InChI is InChI=1S/C23H27FN2O/c1-16-3-10-21(11-6-17-4-8-20(24)9-5-17)26(16)23(27)19-7-12-22-18(15-19)13-14-25(22)2/h4-5,7-9,12,15-16,21H,3,6,10-11,13-14H2,1-2H3/t16-,21-/m1/s1. The second kappa shape index (κ2) is 7.34. The van der Waals surface area contributed by atoms with Crippen LogP contribution in [0.1, 0.15) is 47.7 Å². The van der Waals surface area contributed by atoms with Gasteiger partial charge in [-0.15, -0.1) is 0 Å². The van der Waals surface area contributed by atoms with Crippen LogP contribution in [0.2, 0.25) is 0 Å². The Bertz CT molecular complexity index is 833. The summed E-state index contributed by atoms with van der Waals surface area (Å²) < 4.78 is 13.1. The molecule has 2 heterocycles. The molecule has 0 unspecified atom stereocenters. The van der Waals surface area contributed by atoms with Gasteiger partial charge in [0.1, 0.15) is 5.82 Å². The summed E-state index contributed by atoms with van der Waals surface area (Å²) in [5.74, 6) is -0.0474. The Morgan fingerprint density at radius 3 is 2.70 bits per heavy atom. The van der Waals surface area contributed by atoms with Gasteiger partial charge in [0, 0.05) is 36.9 Å². The van der Waals surface area contributed by atoms with Crippen molar-refractivity contribution >= 4 is 11.6 Å². The maximum Gasteiger partial charge on any atom is 0.254 e.